The normalized spacial score (nSPS) is 9.47. The van der Waals surface area contributed by atoms with Crippen LogP contribution < -0.4 is 0 Å². The smallest absolute Gasteiger partial charge is 0.338 e. The quantitative estimate of drug-likeness (QED) is 0.357. The third-order valence-corrected chi connectivity index (χ3v) is 2.49. The fourth-order valence-electron chi connectivity index (χ4n) is 1.58. The van der Waals surface area contributed by atoms with Crippen molar-refractivity contribution in [2.75, 3.05) is 0 Å². The molecule has 0 aliphatic heterocycles. The summed E-state index contributed by atoms with van der Waals surface area (Å²) >= 11 is 0. The van der Waals surface area contributed by atoms with Crippen molar-refractivity contribution in [1.82, 2.24) is 0 Å². The van der Waals surface area contributed by atoms with E-state index in [0.717, 1.165) is 5.56 Å². The van der Waals surface area contributed by atoms with Gasteiger partial charge >= 0.3 is 5.97 Å². The number of benzene rings is 2. The summed E-state index contributed by atoms with van der Waals surface area (Å²) in [4.78, 5) is 14.6. The highest BCUT2D eigenvalue weighted by atomic mass is 16.5. The lowest BCUT2D eigenvalue weighted by atomic mass is 10.2. The molecule has 5 heteroatoms. The van der Waals surface area contributed by atoms with Crippen LogP contribution in [0.4, 0.5) is 5.69 Å². The van der Waals surface area contributed by atoms with Gasteiger partial charge in [0.2, 0.25) is 0 Å². The van der Waals surface area contributed by atoms with E-state index < -0.39 is 5.97 Å². The highest BCUT2D eigenvalue weighted by molar-refractivity contribution is 5.94. The average molecular weight is 253 g/mol. The van der Waals surface area contributed by atoms with E-state index >= 15 is 0 Å². The molecule has 19 heavy (non-hydrogen) atoms. The first kappa shape index (κ1) is 12.7. The number of hydrogen-bond acceptors (Lipinski definition) is 3. The number of hydrogen-bond donors (Lipinski definition) is 0. The number of carbonyl (C=O) groups excluding carboxylic acids is 1. The Kier molecular flexibility index (Phi) is 4.16. The largest absolute Gasteiger partial charge is 0.457 e. The summed E-state index contributed by atoms with van der Waals surface area (Å²) in [5.41, 5.74) is 9.87. The van der Waals surface area contributed by atoms with Crippen LogP contribution in [0.5, 0.6) is 0 Å². The van der Waals surface area contributed by atoms with Crippen LogP contribution in [-0.4, -0.2) is 5.97 Å². The monoisotopic (exact) mass is 253 g/mol. The zero-order valence-electron chi connectivity index (χ0n) is 10.1. The van der Waals surface area contributed by atoms with Crippen LogP contribution in [-0.2, 0) is 11.3 Å². The van der Waals surface area contributed by atoms with E-state index in [4.69, 9.17) is 10.3 Å². The van der Waals surface area contributed by atoms with Crippen LogP contribution in [0.2, 0.25) is 0 Å². The molecule has 0 fully saturated rings. The molecule has 5 nitrogen and oxygen atoms in total. The van der Waals surface area contributed by atoms with Gasteiger partial charge in [-0.15, -0.1) is 0 Å². The van der Waals surface area contributed by atoms with E-state index in [1.54, 1.807) is 24.3 Å². The Morgan fingerprint density at radius 1 is 1.11 bits per heavy atom. The van der Waals surface area contributed by atoms with Crippen LogP contribution in [0.3, 0.4) is 0 Å². The van der Waals surface area contributed by atoms with Gasteiger partial charge in [0.05, 0.1) is 11.3 Å². The number of azide groups is 1. The molecule has 2 aromatic rings. The highest BCUT2D eigenvalue weighted by Gasteiger charge is 2.11. The lowest BCUT2D eigenvalue weighted by Gasteiger charge is -2.06. The second kappa shape index (κ2) is 6.23. The average Bonchev–Trinajstić information content (AvgIpc) is 2.47. The van der Waals surface area contributed by atoms with Gasteiger partial charge in [0.15, 0.2) is 0 Å². The van der Waals surface area contributed by atoms with Crippen molar-refractivity contribution in [2.45, 2.75) is 6.61 Å². The molecule has 2 rings (SSSR count). The molecular formula is C14H11N3O2. The van der Waals surface area contributed by atoms with E-state index in [-0.39, 0.29) is 17.9 Å². The summed E-state index contributed by atoms with van der Waals surface area (Å²) < 4.78 is 5.18. The third-order valence-electron chi connectivity index (χ3n) is 2.49. The second-order valence-electron chi connectivity index (χ2n) is 3.77. The molecule has 0 saturated heterocycles. The standard InChI is InChI=1S/C14H11N3O2/c15-17-16-13-9-5-4-8-12(13)14(18)19-10-11-6-2-1-3-7-11/h1-9H,10H2. The van der Waals surface area contributed by atoms with Crippen molar-refractivity contribution in [1.29, 1.82) is 0 Å². The number of esters is 1. The van der Waals surface area contributed by atoms with Gasteiger partial charge in [0.25, 0.3) is 0 Å². The highest BCUT2D eigenvalue weighted by Crippen LogP contribution is 2.20. The lowest BCUT2D eigenvalue weighted by Crippen LogP contribution is -2.05. The van der Waals surface area contributed by atoms with Crippen LogP contribution in [0.1, 0.15) is 15.9 Å². The van der Waals surface area contributed by atoms with Gasteiger partial charge in [0, 0.05) is 4.91 Å². The predicted octanol–water partition coefficient (Wildman–Crippen LogP) is 3.99. The molecule has 0 saturated carbocycles. The first-order chi connectivity index (χ1) is 9.31. The van der Waals surface area contributed by atoms with Gasteiger partial charge in [-0.25, -0.2) is 4.79 Å². The molecule has 0 radical (unpaired) electrons. The van der Waals surface area contributed by atoms with Crippen molar-refractivity contribution in [3.05, 3.63) is 76.2 Å². The molecule has 0 aliphatic rings. The van der Waals surface area contributed by atoms with E-state index in [0.29, 0.717) is 0 Å². The van der Waals surface area contributed by atoms with Gasteiger partial charge in [0.1, 0.15) is 6.61 Å². The van der Waals surface area contributed by atoms with Crippen molar-refractivity contribution >= 4 is 11.7 Å². The second-order valence-corrected chi connectivity index (χ2v) is 3.77. The Bertz CT molecular complexity index is 620. The summed E-state index contributed by atoms with van der Waals surface area (Å²) in [6.45, 7) is 0.185. The maximum absolute atomic E-state index is 11.9. The minimum absolute atomic E-state index is 0.185. The third kappa shape index (κ3) is 3.34. The first-order valence-corrected chi connectivity index (χ1v) is 5.66. The van der Waals surface area contributed by atoms with Crippen molar-refractivity contribution < 1.29 is 9.53 Å². The Labute approximate surface area is 110 Å². The summed E-state index contributed by atoms with van der Waals surface area (Å²) in [5, 5.41) is 3.46. The Morgan fingerprint density at radius 3 is 2.53 bits per heavy atom. The molecule has 0 heterocycles. The van der Waals surface area contributed by atoms with Crippen LogP contribution in [0.15, 0.2) is 59.7 Å². The van der Waals surface area contributed by atoms with Gasteiger partial charge in [-0.05, 0) is 17.2 Å². The lowest BCUT2D eigenvalue weighted by molar-refractivity contribution is 0.0474. The molecule has 0 unspecified atom stereocenters. The van der Waals surface area contributed by atoms with E-state index in [1.807, 2.05) is 30.3 Å². The van der Waals surface area contributed by atoms with Gasteiger partial charge in [-0.1, -0.05) is 53.6 Å². The molecule has 0 aromatic heterocycles. The summed E-state index contributed by atoms with van der Waals surface area (Å²) in [5.74, 6) is -0.508. The van der Waals surface area contributed by atoms with Crippen LogP contribution in [0, 0.1) is 0 Å². The molecular weight excluding hydrogens is 242 g/mol. The topological polar surface area (TPSA) is 75.1 Å². The Hall–Kier alpha value is -2.78. The van der Waals surface area contributed by atoms with Crippen LogP contribution >= 0.6 is 0 Å². The Morgan fingerprint density at radius 2 is 1.79 bits per heavy atom. The number of ether oxygens (including phenoxy) is 1. The first-order valence-electron chi connectivity index (χ1n) is 5.66. The van der Waals surface area contributed by atoms with Gasteiger partial charge in [-0.2, -0.15) is 0 Å². The number of nitrogens with zero attached hydrogens (tertiary/aromatic N) is 3. The molecule has 0 bridgehead atoms. The van der Waals surface area contributed by atoms with Crippen molar-refractivity contribution in [2.24, 2.45) is 5.11 Å². The predicted molar refractivity (Wildman–Crippen MR) is 70.8 cm³/mol. The van der Waals surface area contributed by atoms with E-state index in [1.165, 1.54) is 0 Å². The molecule has 2 aromatic carbocycles. The minimum atomic E-state index is -0.508. The molecule has 0 amide bonds. The fourth-order valence-corrected chi connectivity index (χ4v) is 1.58. The minimum Gasteiger partial charge on any atom is -0.457 e. The van der Waals surface area contributed by atoms with Crippen LogP contribution in [0.25, 0.3) is 10.4 Å². The zero-order chi connectivity index (χ0) is 13.5. The van der Waals surface area contributed by atoms with E-state index in [9.17, 15) is 4.79 Å². The zero-order valence-corrected chi connectivity index (χ0v) is 10.1. The maximum Gasteiger partial charge on any atom is 0.338 e. The number of carbonyl (C=O) groups is 1. The molecule has 0 N–H and O–H groups in total. The molecule has 94 valence electrons. The van der Waals surface area contributed by atoms with Gasteiger partial charge < -0.3 is 4.74 Å². The maximum atomic E-state index is 11.9. The van der Waals surface area contributed by atoms with Crippen molar-refractivity contribution in [3.8, 4) is 0 Å². The van der Waals surface area contributed by atoms with E-state index in [2.05, 4.69) is 10.0 Å². The molecule has 0 aliphatic carbocycles. The number of rotatable bonds is 4. The SMILES string of the molecule is [N-]=[N+]=Nc1ccccc1C(=O)OCc1ccccc1. The molecule has 0 atom stereocenters. The molecule has 0 spiro atoms. The summed E-state index contributed by atoms with van der Waals surface area (Å²) in [6, 6.07) is 15.9. The van der Waals surface area contributed by atoms with Crippen molar-refractivity contribution in [3.63, 3.8) is 0 Å². The summed E-state index contributed by atoms with van der Waals surface area (Å²) in [7, 11) is 0. The van der Waals surface area contributed by atoms with Gasteiger partial charge in [-0.3, -0.25) is 0 Å². The Balaban J connectivity index is 2.10. The summed E-state index contributed by atoms with van der Waals surface area (Å²) in [6.07, 6.45) is 0. The fraction of sp³-hybridized carbons (Fsp3) is 0.0714.